The van der Waals surface area contributed by atoms with Crippen LogP contribution in [0.4, 0.5) is 5.82 Å². The minimum atomic E-state index is -0.216. The van der Waals surface area contributed by atoms with E-state index in [9.17, 15) is 9.59 Å². The van der Waals surface area contributed by atoms with E-state index in [0.29, 0.717) is 24.6 Å². The Bertz CT molecular complexity index is 1130. The average Bonchev–Trinajstić information content (AvgIpc) is 3.09. The second-order valence-electron chi connectivity index (χ2n) is 11.0. The van der Waals surface area contributed by atoms with Crippen LogP contribution < -0.4 is 25.6 Å². The first-order chi connectivity index (χ1) is 17.9. The molecule has 4 heterocycles. The number of carbonyl (C=O) groups excluding carboxylic acids is 2. The van der Waals surface area contributed by atoms with Gasteiger partial charge in [-0.1, -0.05) is 13.8 Å². The highest BCUT2D eigenvalue weighted by molar-refractivity contribution is 5.97. The van der Waals surface area contributed by atoms with Crippen LogP contribution in [0.15, 0.2) is 30.5 Å². The molecule has 8 nitrogen and oxygen atoms in total. The molecule has 2 saturated heterocycles. The highest BCUT2D eigenvalue weighted by Gasteiger charge is 2.32. The van der Waals surface area contributed by atoms with Crippen LogP contribution in [0.5, 0.6) is 5.75 Å². The number of anilines is 1. The van der Waals surface area contributed by atoms with Crippen LogP contribution in [0.1, 0.15) is 49.5 Å². The predicted octanol–water partition coefficient (Wildman–Crippen LogP) is 3.01. The van der Waals surface area contributed by atoms with Gasteiger partial charge in [-0.25, -0.2) is 4.98 Å². The lowest BCUT2D eigenvalue weighted by Crippen LogP contribution is -2.50. The average molecular weight is 506 g/mol. The Hall–Kier alpha value is -3.13. The highest BCUT2D eigenvalue weighted by Crippen LogP contribution is 2.38. The normalized spacial score (nSPS) is 25.9. The molecule has 0 saturated carbocycles. The molecule has 0 aliphatic carbocycles. The monoisotopic (exact) mass is 505 g/mol. The molecule has 8 heteroatoms. The van der Waals surface area contributed by atoms with Crippen LogP contribution >= 0.6 is 0 Å². The fraction of sp³-hybridized carbons (Fsp3) is 0.552. The largest absolute Gasteiger partial charge is 0.492 e. The van der Waals surface area contributed by atoms with Crippen LogP contribution in [0.3, 0.4) is 0 Å². The van der Waals surface area contributed by atoms with Gasteiger partial charge in [0.15, 0.2) is 0 Å². The first kappa shape index (κ1) is 25.5. The van der Waals surface area contributed by atoms with Crippen molar-refractivity contribution in [2.24, 2.45) is 17.8 Å². The van der Waals surface area contributed by atoms with Gasteiger partial charge >= 0.3 is 0 Å². The molecule has 37 heavy (non-hydrogen) atoms. The summed E-state index contributed by atoms with van der Waals surface area (Å²) in [5, 5.41) is 9.42. The molecule has 3 aliphatic heterocycles. The molecular formula is C29H39N5O3. The Kier molecular flexibility index (Phi) is 7.65. The number of piperazine rings is 1. The van der Waals surface area contributed by atoms with E-state index >= 15 is 0 Å². The first-order valence-corrected chi connectivity index (χ1v) is 13.7. The Morgan fingerprint density at radius 3 is 2.73 bits per heavy atom. The van der Waals surface area contributed by atoms with Crippen molar-refractivity contribution in [1.29, 1.82) is 0 Å². The summed E-state index contributed by atoms with van der Waals surface area (Å²) in [6.07, 6.45) is 4.68. The molecule has 1 aromatic heterocycles. The molecule has 4 atom stereocenters. The standard InChI is InChI=1S/C29H39N5O3/c1-18-4-5-21-13-23(28(35)32-16-25-19(2)12-20(3)33-29(25)36)14-24(27(21)37-17-18)22-6-7-26(31-15-22)34-10-8-30-9-11-34/h6-7,13-15,18-20,25,30H,4-5,8-12,16-17H2,1-3H3,(H,32,35)(H,33,36). The SMILES string of the molecule is CC1CCc2cc(C(=O)NCC3C(=O)NC(C)CC3C)cc(-c3ccc(N4CCNCC4)nc3)c2OC1. The number of benzene rings is 1. The van der Waals surface area contributed by atoms with Crippen molar-refractivity contribution < 1.29 is 14.3 Å². The summed E-state index contributed by atoms with van der Waals surface area (Å²) in [7, 11) is 0. The second kappa shape index (κ2) is 11.1. The summed E-state index contributed by atoms with van der Waals surface area (Å²) in [6.45, 7) is 11.1. The lowest BCUT2D eigenvalue weighted by Gasteiger charge is -2.32. The topological polar surface area (TPSA) is 95.6 Å². The summed E-state index contributed by atoms with van der Waals surface area (Å²) in [6, 6.07) is 8.19. The van der Waals surface area contributed by atoms with E-state index in [1.54, 1.807) is 0 Å². The van der Waals surface area contributed by atoms with Crippen molar-refractivity contribution in [3.63, 3.8) is 0 Å². The number of nitrogens with zero attached hydrogens (tertiary/aromatic N) is 2. The van der Waals surface area contributed by atoms with Crippen molar-refractivity contribution in [2.75, 3.05) is 44.2 Å². The van der Waals surface area contributed by atoms with Gasteiger partial charge in [0.05, 0.1) is 12.5 Å². The van der Waals surface area contributed by atoms with E-state index < -0.39 is 0 Å². The van der Waals surface area contributed by atoms with E-state index in [0.717, 1.165) is 73.7 Å². The first-order valence-electron chi connectivity index (χ1n) is 13.7. The predicted molar refractivity (Wildman–Crippen MR) is 145 cm³/mol. The van der Waals surface area contributed by atoms with Gasteiger partial charge in [-0.15, -0.1) is 0 Å². The summed E-state index contributed by atoms with van der Waals surface area (Å²) < 4.78 is 6.29. The minimum Gasteiger partial charge on any atom is -0.492 e. The molecule has 1 aromatic carbocycles. The maximum Gasteiger partial charge on any atom is 0.251 e. The van der Waals surface area contributed by atoms with Crippen LogP contribution in [0.25, 0.3) is 11.1 Å². The number of hydrogen-bond acceptors (Lipinski definition) is 6. The molecular weight excluding hydrogens is 466 g/mol. The van der Waals surface area contributed by atoms with E-state index in [4.69, 9.17) is 9.72 Å². The fourth-order valence-corrected chi connectivity index (χ4v) is 5.72. The minimum absolute atomic E-state index is 0.0206. The van der Waals surface area contributed by atoms with E-state index in [1.165, 1.54) is 0 Å². The van der Waals surface area contributed by atoms with Gasteiger partial charge in [-0.2, -0.15) is 0 Å². The Balaban J connectivity index is 1.40. The number of aryl methyl sites for hydroxylation is 1. The number of aromatic nitrogens is 1. The lowest BCUT2D eigenvalue weighted by molar-refractivity contribution is -0.129. The molecule has 198 valence electrons. The summed E-state index contributed by atoms with van der Waals surface area (Å²) in [5.74, 6) is 2.13. The molecule has 0 bridgehead atoms. The quantitative estimate of drug-likeness (QED) is 0.578. The molecule has 2 fully saturated rings. The van der Waals surface area contributed by atoms with Gasteiger partial charge in [0.1, 0.15) is 11.6 Å². The Morgan fingerprint density at radius 2 is 2.00 bits per heavy atom. The number of nitrogens with one attached hydrogen (secondary N) is 3. The zero-order chi connectivity index (χ0) is 25.9. The highest BCUT2D eigenvalue weighted by atomic mass is 16.5. The van der Waals surface area contributed by atoms with E-state index in [1.807, 2.05) is 25.3 Å². The molecule has 0 radical (unpaired) electrons. The van der Waals surface area contributed by atoms with E-state index in [-0.39, 0.29) is 29.7 Å². The molecule has 5 rings (SSSR count). The molecule has 3 N–H and O–H groups in total. The van der Waals surface area contributed by atoms with E-state index in [2.05, 4.69) is 46.8 Å². The van der Waals surface area contributed by atoms with Crippen molar-refractivity contribution in [3.05, 3.63) is 41.6 Å². The van der Waals surface area contributed by atoms with Crippen LogP contribution in [-0.4, -0.2) is 62.2 Å². The number of rotatable bonds is 5. The summed E-state index contributed by atoms with van der Waals surface area (Å²) in [4.78, 5) is 32.9. The third-order valence-corrected chi connectivity index (χ3v) is 7.97. The number of piperidine rings is 1. The maximum absolute atomic E-state index is 13.3. The third kappa shape index (κ3) is 5.74. The zero-order valence-corrected chi connectivity index (χ0v) is 22.2. The van der Waals surface area contributed by atoms with Crippen LogP contribution in [0, 0.1) is 17.8 Å². The molecule has 2 aromatic rings. The summed E-state index contributed by atoms with van der Waals surface area (Å²) >= 11 is 0. The number of amides is 2. The van der Waals surface area contributed by atoms with Gasteiger partial charge in [0.2, 0.25) is 5.91 Å². The lowest BCUT2D eigenvalue weighted by atomic mass is 9.84. The van der Waals surface area contributed by atoms with Crippen LogP contribution in [-0.2, 0) is 11.2 Å². The summed E-state index contributed by atoms with van der Waals surface area (Å²) in [5.41, 5.74) is 3.48. The molecule has 2 amide bonds. The zero-order valence-electron chi connectivity index (χ0n) is 22.2. The number of carbonyl (C=O) groups is 2. The number of ether oxygens (including phenoxy) is 1. The smallest absolute Gasteiger partial charge is 0.251 e. The van der Waals surface area contributed by atoms with Crippen molar-refractivity contribution in [3.8, 4) is 16.9 Å². The maximum atomic E-state index is 13.3. The second-order valence-corrected chi connectivity index (χ2v) is 11.0. The van der Waals surface area contributed by atoms with Gasteiger partial charge < -0.3 is 25.6 Å². The van der Waals surface area contributed by atoms with Crippen molar-refractivity contribution >= 4 is 17.6 Å². The van der Waals surface area contributed by atoms with Crippen molar-refractivity contribution in [2.45, 2.75) is 46.1 Å². The Labute approximate surface area is 219 Å². The Morgan fingerprint density at radius 1 is 1.19 bits per heavy atom. The molecule has 3 aliphatic rings. The molecule has 4 unspecified atom stereocenters. The number of pyridine rings is 1. The number of hydrogen-bond donors (Lipinski definition) is 3. The number of fused-ring (bicyclic) bond motifs is 1. The van der Waals surface area contributed by atoms with Crippen molar-refractivity contribution in [1.82, 2.24) is 20.9 Å². The van der Waals surface area contributed by atoms with Gasteiger partial charge in [-0.3, -0.25) is 9.59 Å². The van der Waals surface area contributed by atoms with Gasteiger partial charge in [0.25, 0.3) is 5.91 Å². The fourth-order valence-electron chi connectivity index (χ4n) is 5.72. The van der Waals surface area contributed by atoms with Crippen LogP contribution in [0.2, 0.25) is 0 Å². The molecule has 0 spiro atoms. The van der Waals surface area contributed by atoms with Gasteiger partial charge in [0, 0.05) is 61.7 Å². The van der Waals surface area contributed by atoms with Gasteiger partial charge in [-0.05, 0) is 67.9 Å². The third-order valence-electron chi connectivity index (χ3n) is 7.97.